The summed E-state index contributed by atoms with van der Waals surface area (Å²) in [4.78, 5) is 14.8. The van der Waals surface area contributed by atoms with Crippen LogP contribution in [0.5, 0.6) is 11.5 Å². The normalized spacial score (nSPS) is 19.8. The molecule has 0 N–H and O–H groups in total. The van der Waals surface area contributed by atoms with Crippen LogP contribution in [-0.2, 0) is 6.54 Å². The van der Waals surface area contributed by atoms with E-state index < -0.39 is 0 Å². The first-order valence-corrected chi connectivity index (χ1v) is 7.99. The molecule has 0 aliphatic carbocycles. The van der Waals surface area contributed by atoms with E-state index in [9.17, 15) is 4.79 Å². The lowest BCUT2D eigenvalue weighted by Gasteiger charge is -2.25. The van der Waals surface area contributed by atoms with Crippen molar-refractivity contribution >= 4 is 5.91 Å². The van der Waals surface area contributed by atoms with Crippen LogP contribution in [0.3, 0.4) is 0 Å². The number of hydrogen-bond acceptors (Lipinski definition) is 4. The van der Waals surface area contributed by atoms with Crippen molar-refractivity contribution in [2.24, 2.45) is 0 Å². The number of likely N-dealkylation sites (tertiary alicyclic amines) is 1. The molecule has 2 aliphatic heterocycles. The largest absolute Gasteiger partial charge is 0.486 e. The van der Waals surface area contributed by atoms with Gasteiger partial charge in [0.15, 0.2) is 11.5 Å². The van der Waals surface area contributed by atoms with Crippen LogP contribution >= 0.6 is 0 Å². The van der Waals surface area contributed by atoms with Gasteiger partial charge in [-0.3, -0.25) is 9.48 Å². The van der Waals surface area contributed by atoms with E-state index >= 15 is 0 Å². The molecule has 2 aromatic rings. The van der Waals surface area contributed by atoms with E-state index in [1.54, 1.807) is 12.3 Å². The van der Waals surface area contributed by atoms with E-state index in [-0.39, 0.29) is 11.9 Å². The first-order valence-electron chi connectivity index (χ1n) is 7.99. The second kappa shape index (κ2) is 5.95. The molecule has 2 aliphatic rings. The Bertz CT molecular complexity index is 699. The minimum atomic E-state index is 0.0524. The molecule has 0 bridgehead atoms. The highest BCUT2D eigenvalue weighted by Gasteiger charge is 2.30. The molecule has 1 aromatic carbocycles. The number of rotatable bonds is 3. The zero-order valence-corrected chi connectivity index (χ0v) is 12.9. The Morgan fingerprint density at radius 1 is 1.26 bits per heavy atom. The molecule has 0 radical (unpaired) electrons. The molecule has 0 saturated carbocycles. The van der Waals surface area contributed by atoms with Crippen LogP contribution in [0, 0.1) is 0 Å². The number of fused-ring (bicyclic) bond motifs is 1. The van der Waals surface area contributed by atoms with Gasteiger partial charge in [-0.05, 0) is 37.1 Å². The van der Waals surface area contributed by atoms with Gasteiger partial charge in [0.25, 0.3) is 5.91 Å². The Hall–Kier alpha value is -2.50. The monoisotopic (exact) mass is 313 g/mol. The molecule has 1 atom stereocenters. The molecule has 1 aromatic heterocycles. The highest BCUT2D eigenvalue weighted by molar-refractivity contribution is 5.95. The highest BCUT2D eigenvalue weighted by Crippen LogP contribution is 2.32. The Labute approximate surface area is 134 Å². The van der Waals surface area contributed by atoms with Crippen LogP contribution in [-0.4, -0.2) is 46.4 Å². The molecule has 1 amide bonds. The second-order valence-corrected chi connectivity index (χ2v) is 5.88. The first kappa shape index (κ1) is 14.1. The van der Waals surface area contributed by atoms with Crippen LogP contribution in [0.4, 0.5) is 0 Å². The van der Waals surface area contributed by atoms with Crippen LogP contribution < -0.4 is 9.47 Å². The second-order valence-electron chi connectivity index (χ2n) is 5.88. The van der Waals surface area contributed by atoms with Gasteiger partial charge in [-0.2, -0.15) is 5.10 Å². The predicted molar refractivity (Wildman–Crippen MR) is 83.7 cm³/mol. The van der Waals surface area contributed by atoms with Crippen LogP contribution in [0.15, 0.2) is 36.7 Å². The average Bonchev–Trinajstić information content (AvgIpc) is 3.26. The predicted octanol–water partition coefficient (Wildman–Crippen LogP) is 1.96. The molecule has 6 heteroatoms. The van der Waals surface area contributed by atoms with Gasteiger partial charge in [0.1, 0.15) is 13.2 Å². The third kappa shape index (κ3) is 2.76. The number of ether oxygens (including phenoxy) is 2. The maximum absolute atomic E-state index is 12.9. The zero-order chi connectivity index (χ0) is 15.6. The maximum Gasteiger partial charge on any atom is 0.254 e. The minimum Gasteiger partial charge on any atom is -0.486 e. The summed E-state index contributed by atoms with van der Waals surface area (Å²) >= 11 is 0. The van der Waals surface area contributed by atoms with Gasteiger partial charge in [-0.1, -0.05) is 0 Å². The summed E-state index contributed by atoms with van der Waals surface area (Å²) in [6.07, 6.45) is 5.74. The summed E-state index contributed by atoms with van der Waals surface area (Å²) in [7, 11) is 0. The van der Waals surface area contributed by atoms with Crippen LogP contribution in [0.25, 0.3) is 0 Å². The Balaban J connectivity index is 1.53. The molecule has 1 fully saturated rings. The Kier molecular flexibility index (Phi) is 3.65. The number of amides is 1. The van der Waals surface area contributed by atoms with Gasteiger partial charge >= 0.3 is 0 Å². The van der Waals surface area contributed by atoms with Crippen molar-refractivity contribution in [2.75, 3.05) is 19.8 Å². The molecular weight excluding hydrogens is 294 g/mol. The quantitative estimate of drug-likeness (QED) is 0.869. The lowest BCUT2D eigenvalue weighted by atomic mass is 10.1. The van der Waals surface area contributed by atoms with Crippen molar-refractivity contribution in [3.05, 3.63) is 42.2 Å². The maximum atomic E-state index is 12.9. The summed E-state index contributed by atoms with van der Waals surface area (Å²) in [5.41, 5.74) is 0.654. The Morgan fingerprint density at radius 2 is 2.13 bits per heavy atom. The van der Waals surface area contributed by atoms with Crippen molar-refractivity contribution < 1.29 is 14.3 Å². The van der Waals surface area contributed by atoms with E-state index in [2.05, 4.69) is 5.10 Å². The summed E-state index contributed by atoms with van der Waals surface area (Å²) in [5, 5.41) is 4.25. The smallest absolute Gasteiger partial charge is 0.254 e. The fourth-order valence-corrected chi connectivity index (χ4v) is 3.26. The van der Waals surface area contributed by atoms with E-state index in [0.717, 1.165) is 25.9 Å². The number of carbonyl (C=O) groups excluding carboxylic acids is 1. The summed E-state index contributed by atoms with van der Waals surface area (Å²) < 4.78 is 13.0. The molecule has 23 heavy (non-hydrogen) atoms. The number of aromatic nitrogens is 2. The fraction of sp³-hybridized carbons (Fsp3) is 0.412. The van der Waals surface area contributed by atoms with E-state index in [1.807, 2.05) is 34.0 Å². The highest BCUT2D eigenvalue weighted by atomic mass is 16.6. The van der Waals surface area contributed by atoms with Crippen molar-refractivity contribution in [3.63, 3.8) is 0 Å². The van der Waals surface area contributed by atoms with Gasteiger partial charge in [0.05, 0.1) is 12.6 Å². The van der Waals surface area contributed by atoms with Gasteiger partial charge in [0.2, 0.25) is 0 Å². The minimum absolute atomic E-state index is 0.0524. The third-order valence-electron chi connectivity index (χ3n) is 4.38. The third-order valence-corrected chi connectivity index (χ3v) is 4.38. The molecule has 0 spiro atoms. The van der Waals surface area contributed by atoms with Crippen molar-refractivity contribution in [2.45, 2.75) is 25.4 Å². The van der Waals surface area contributed by atoms with Crippen molar-refractivity contribution in [3.8, 4) is 11.5 Å². The van der Waals surface area contributed by atoms with E-state index in [0.29, 0.717) is 30.3 Å². The lowest BCUT2D eigenvalue weighted by Crippen LogP contribution is -2.38. The van der Waals surface area contributed by atoms with E-state index in [4.69, 9.17) is 9.47 Å². The molecular formula is C17H19N3O3. The van der Waals surface area contributed by atoms with Crippen LogP contribution in [0.1, 0.15) is 23.2 Å². The first-order chi connectivity index (χ1) is 11.3. The molecule has 6 nitrogen and oxygen atoms in total. The molecule has 120 valence electrons. The fourth-order valence-electron chi connectivity index (χ4n) is 3.26. The van der Waals surface area contributed by atoms with Crippen molar-refractivity contribution in [1.82, 2.24) is 14.7 Å². The van der Waals surface area contributed by atoms with Gasteiger partial charge < -0.3 is 14.4 Å². The summed E-state index contributed by atoms with van der Waals surface area (Å²) in [6, 6.07) is 7.53. The number of carbonyl (C=O) groups is 1. The zero-order valence-electron chi connectivity index (χ0n) is 12.9. The molecule has 1 saturated heterocycles. The topological polar surface area (TPSA) is 56.6 Å². The van der Waals surface area contributed by atoms with Gasteiger partial charge in [0, 0.05) is 24.5 Å². The number of nitrogens with zero attached hydrogens (tertiary/aromatic N) is 3. The Morgan fingerprint density at radius 3 is 2.96 bits per heavy atom. The number of benzene rings is 1. The van der Waals surface area contributed by atoms with Gasteiger partial charge in [-0.15, -0.1) is 0 Å². The molecule has 0 unspecified atom stereocenters. The summed E-state index contributed by atoms with van der Waals surface area (Å²) in [6.45, 7) is 2.61. The average molecular weight is 313 g/mol. The molecule has 3 heterocycles. The molecule has 4 rings (SSSR count). The van der Waals surface area contributed by atoms with Crippen molar-refractivity contribution in [1.29, 1.82) is 0 Å². The summed E-state index contributed by atoms with van der Waals surface area (Å²) in [5.74, 6) is 1.42. The van der Waals surface area contributed by atoms with Crippen LogP contribution in [0.2, 0.25) is 0 Å². The number of hydrogen-bond donors (Lipinski definition) is 0. The standard InChI is InChI=1S/C17H19N3O3/c21-17(13-4-5-15-16(11-13)23-10-9-22-15)20-8-1-3-14(20)12-19-7-2-6-18-19/h2,4-7,11,14H,1,3,8-10,12H2/t14-/m0/s1. The SMILES string of the molecule is O=C(c1ccc2c(c1)OCCO2)N1CCC[C@H]1Cn1cccn1. The lowest BCUT2D eigenvalue weighted by molar-refractivity contribution is 0.0720. The van der Waals surface area contributed by atoms with E-state index in [1.165, 1.54) is 0 Å². The van der Waals surface area contributed by atoms with Gasteiger partial charge in [-0.25, -0.2) is 0 Å².